The highest BCUT2D eigenvalue weighted by molar-refractivity contribution is 7.97. The molecule has 0 amide bonds. The molecule has 0 unspecified atom stereocenters. The standard InChI is InChI=1S/C16H14N2O4S/c1-9-3-5-10(6-4-9)17-11-7-12(19)14-13(15(11)20)16(21)22-18(14)8-23-2/h3-7,17H,8H2,1-2H3. The number of carbonyl (C=O) groups excluding carboxylic acids is 2. The van der Waals surface area contributed by atoms with Gasteiger partial charge in [-0.25, -0.2) is 4.79 Å². The van der Waals surface area contributed by atoms with Crippen molar-refractivity contribution in [3.05, 3.63) is 63.3 Å². The maximum Gasteiger partial charge on any atom is 0.369 e. The Hall–Kier alpha value is -2.54. The Balaban J connectivity index is 1.98. The third-order valence-corrected chi connectivity index (χ3v) is 3.93. The van der Waals surface area contributed by atoms with E-state index in [0.717, 1.165) is 5.56 Å². The second-order valence-corrected chi connectivity index (χ2v) is 5.98. The summed E-state index contributed by atoms with van der Waals surface area (Å²) in [6.07, 6.45) is 3.01. The quantitative estimate of drug-likeness (QED) is 0.927. The van der Waals surface area contributed by atoms with E-state index >= 15 is 0 Å². The zero-order chi connectivity index (χ0) is 16.6. The first-order valence-corrected chi connectivity index (χ1v) is 8.28. The van der Waals surface area contributed by atoms with Crippen molar-refractivity contribution in [1.29, 1.82) is 0 Å². The molecule has 1 aliphatic carbocycles. The lowest BCUT2D eigenvalue weighted by Crippen LogP contribution is -2.25. The van der Waals surface area contributed by atoms with E-state index in [2.05, 4.69) is 5.32 Å². The number of nitrogens with one attached hydrogen (secondary N) is 1. The second-order valence-electron chi connectivity index (χ2n) is 5.14. The van der Waals surface area contributed by atoms with Gasteiger partial charge < -0.3 is 9.84 Å². The lowest BCUT2D eigenvalue weighted by atomic mass is 9.99. The number of rotatable bonds is 4. The molecule has 1 aromatic heterocycles. The van der Waals surface area contributed by atoms with E-state index < -0.39 is 17.2 Å². The number of fused-ring (bicyclic) bond motifs is 1. The fraction of sp³-hybridized carbons (Fsp3) is 0.188. The zero-order valence-electron chi connectivity index (χ0n) is 12.6. The fourth-order valence-electron chi connectivity index (χ4n) is 2.35. The average Bonchev–Trinajstić information content (AvgIpc) is 2.84. The first-order chi connectivity index (χ1) is 11.0. The molecular weight excluding hydrogens is 316 g/mol. The number of aromatic nitrogens is 1. The van der Waals surface area contributed by atoms with E-state index in [1.807, 2.05) is 25.3 Å². The van der Waals surface area contributed by atoms with Gasteiger partial charge in [0.15, 0.2) is 0 Å². The molecule has 0 fully saturated rings. The Labute approximate surface area is 136 Å². The van der Waals surface area contributed by atoms with E-state index in [1.165, 1.54) is 22.6 Å². The molecule has 1 N–H and O–H groups in total. The summed E-state index contributed by atoms with van der Waals surface area (Å²) in [6.45, 7) is 1.95. The van der Waals surface area contributed by atoms with Crippen molar-refractivity contribution in [2.45, 2.75) is 12.8 Å². The lowest BCUT2D eigenvalue weighted by Gasteiger charge is -2.14. The topological polar surface area (TPSA) is 81.3 Å². The SMILES string of the molecule is CSCn1oc(=O)c2c1C(=O)C=C(Nc1ccc(C)cc1)C2=O. The Bertz CT molecular complexity index is 874. The summed E-state index contributed by atoms with van der Waals surface area (Å²) >= 11 is 1.38. The number of thioether (sulfide) groups is 1. The van der Waals surface area contributed by atoms with Gasteiger partial charge in [-0.2, -0.15) is 4.74 Å². The van der Waals surface area contributed by atoms with E-state index in [9.17, 15) is 14.4 Å². The second kappa shape index (κ2) is 5.92. The number of aryl methyl sites for hydroxylation is 1. The third kappa shape index (κ3) is 2.75. The van der Waals surface area contributed by atoms with Gasteiger partial charge in [0.1, 0.15) is 17.1 Å². The lowest BCUT2D eigenvalue weighted by molar-refractivity contribution is 0.0977. The molecule has 0 aliphatic heterocycles. The van der Waals surface area contributed by atoms with E-state index in [-0.39, 0.29) is 22.8 Å². The molecule has 1 heterocycles. The van der Waals surface area contributed by atoms with Gasteiger partial charge in [0.05, 0.1) is 5.70 Å². The summed E-state index contributed by atoms with van der Waals surface area (Å²) in [5.41, 5.74) is 0.835. The van der Waals surface area contributed by atoms with Crippen LogP contribution in [0.3, 0.4) is 0 Å². The van der Waals surface area contributed by atoms with Crippen LogP contribution in [0.4, 0.5) is 5.69 Å². The van der Waals surface area contributed by atoms with Gasteiger partial charge in [0.2, 0.25) is 11.6 Å². The highest BCUT2D eigenvalue weighted by atomic mass is 32.2. The summed E-state index contributed by atoms with van der Waals surface area (Å²) in [7, 11) is 0. The summed E-state index contributed by atoms with van der Waals surface area (Å²) in [6, 6.07) is 7.36. The molecule has 0 saturated heterocycles. The molecule has 0 atom stereocenters. The Morgan fingerprint density at radius 1 is 1.17 bits per heavy atom. The molecule has 0 spiro atoms. The van der Waals surface area contributed by atoms with Crippen molar-refractivity contribution < 1.29 is 14.1 Å². The number of hydrogen-bond acceptors (Lipinski definition) is 6. The summed E-state index contributed by atoms with van der Waals surface area (Å²) < 4.78 is 6.17. The third-order valence-electron chi connectivity index (χ3n) is 3.44. The minimum atomic E-state index is -0.788. The largest absolute Gasteiger partial charge is 0.369 e. The van der Waals surface area contributed by atoms with Crippen LogP contribution in [0.15, 0.2) is 45.4 Å². The van der Waals surface area contributed by atoms with Crippen LogP contribution >= 0.6 is 11.8 Å². The van der Waals surface area contributed by atoms with Gasteiger partial charge in [0.25, 0.3) is 0 Å². The number of nitrogens with zero attached hydrogens (tertiary/aromatic N) is 1. The maximum absolute atomic E-state index is 12.5. The van der Waals surface area contributed by atoms with E-state index in [1.54, 1.807) is 12.1 Å². The number of Topliss-reactive ketones (excluding diaryl/α,β-unsaturated/α-hetero) is 1. The van der Waals surface area contributed by atoms with Crippen molar-refractivity contribution >= 4 is 29.0 Å². The van der Waals surface area contributed by atoms with Crippen LogP contribution in [0.25, 0.3) is 0 Å². The highest BCUT2D eigenvalue weighted by Crippen LogP contribution is 2.22. The number of benzene rings is 1. The molecule has 7 heteroatoms. The molecule has 23 heavy (non-hydrogen) atoms. The van der Waals surface area contributed by atoms with Gasteiger partial charge in [-0.15, -0.1) is 11.8 Å². The molecule has 2 aromatic rings. The Morgan fingerprint density at radius 3 is 2.52 bits per heavy atom. The van der Waals surface area contributed by atoms with Gasteiger partial charge in [-0.3, -0.25) is 9.59 Å². The van der Waals surface area contributed by atoms with Crippen molar-refractivity contribution in [3.8, 4) is 0 Å². The Morgan fingerprint density at radius 2 is 1.87 bits per heavy atom. The minimum Gasteiger partial charge on any atom is -0.352 e. The molecule has 3 rings (SSSR count). The smallest absolute Gasteiger partial charge is 0.352 e. The van der Waals surface area contributed by atoms with Crippen molar-refractivity contribution in [3.63, 3.8) is 0 Å². The van der Waals surface area contributed by atoms with E-state index in [0.29, 0.717) is 5.69 Å². The number of allylic oxidation sites excluding steroid dienone is 2. The Kier molecular flexibility index (Phi) is 3.96. The molecule has 0 saturated carbocycles. The maximum atomic E-state index is 12.5. The summed E-state index contributed by atoms with van der Waals surface area (Å²) in [5.74, 6) is -0.666. The fourth-order valence-corrected chi connectivity index (χ4v) is 2.77. The van der Waals surface area contributed by atoms with Crippen molar-refractivity contribution in [2.75, 3.05) is 11.6 Å². The average molecular weight is 330 g/mol. The molecule has 0 radical (unpaired) electrons. The van der Waals surface area contributed by atoms with Crippen LogP contribution in [0.2, 0.25) is 0 Å². The predicted molar refractivity (Wildman–Crippen MR) is 88.0 cm³/mol. The molecule has 118 valence electrons. The van der Waals surface area contributed by atoms with Crippen LogP contribution in [-0.4, -0.2) is 22.6 Å². The van der Waals surface area contributed by atoms with Crippen LogP contribution in [0.1, 0.15) is 26.4 Å². The van der Waals surface area contributed by atoms with Crippen molar-refractivity contribution in [2.24, 2.45) is 0 Å². The molecule has 1 aromatic carbocycles. The predicted octanol–water partition coefficient (Wildman–Crippen LogP) is 2.45. The summed E-state index contributed by atoms with van der Waals surface area (Å²) in [4.78, 5) is 36.7. The normalized spacial score (nSPS) is 13.7. The first kappa shape index (κ1) is 15.4. The van der Waals surface area contributed by atoms with Gasteiger partial charge >= 0.3 is 5.63 Å². The molecule has 0 bridgehead atoms. The van der Waals surface area contributed by atoms with Gasteiger partial charge in [0, 0.05) is 11.8 Å². The van der Waals surface area contributed by atoms with Crippen LogP contribution in [0, 0.1) is 6.92 Å². The van der Waals surface area contributed by atoms with Gasteiger partial charge in [-0.05, 0) is 25.3 Å². The van der Waals surface area contributed by atoms with E-state index in [4.69, 9.17) is 4.52 Å². The molecular formula is C16H14N2O4S. The summed E-state index contributed by atoms with van der Waals surface area (Å²) in [5, 5.41) is 2.89. The van der Waals surface area contributed by atoms with Crippen LogP contribution in [-0.2, 0) is 5.88 Å². The number of hydrogen-bond donors (Lipinski definition) is 1. The minimum absolute atomic E-state index is 0.0174. The first-order valence-electron chi connectivity index (χ1n) is 6.88. The number of ketones is 2. The van der Waals surface area contributed by atoms with Crippen molar-refractivity contribution in [1.82, 2.24) is 4.74 Å². The molecule has 6 nitrogen and oxygen atoms in total. The number of anilines is 1. The number of carbonyl (C=O) groups is 2. The van der Waals surface area contributed by atoms with Gasteiger partial charge in [-0.1, -0.05) is 17.7 Å². The van der Waals surface area contributed by atoms with Crippen LogP contribution < -0.4 is 10.9 Å². The monoisotopic (exact) mass is 330 g/mol. The zero-order valence-corrected chi connectivity index (χ0v) is 13.4. The molecule has 1 aliphatic rings. The highest BCUT2D eigenvalue weighted by Gasteiger charge is 2.34. The van der Waals surface area contributed by atoms with Crippen LogP contribution in [0.5, 0.6) is 0 Å².